The van der Waals surface area contributed by atoms with Gasteiger partial charge in [0.2, 0.25) is 0 Å². The van der Waals surface area contributed by atoms with Crippen LogP contribution in [0.1, 0.15) is 29.2 Å². The fourth-order valence-electron chi connectivity index (χ4n) is 3.41. The normalized spacial score (nSPS) is 16.6. The molecule has 3 aromatic rings. The topological polar surface area (TPSA) is 59.0 Å². The van der Waals surface area contributed by atoms with Crippen LogP contribution in [0, 0.1) is 6.92 Å². The summed E-state index contributed by atoms with van der Waals surface area (Å²) in [6, 6.07) is 23.6. The molecule has 1 aliphatic rings. The van der Waals surface area contributed by atoms with Crippen molar-refractivity contribution in [1.82, 2.24) is 4.41 Å². The van der Waals surface area contributed by atoms with Gasteiger partial charge in [-0.25, -0.2) is 0 Å². The highest BCUT2D eigenvalue weighted by atomic mass is 32.2. The number of hydrazone groups is 1. The number of methoxy groups -OCH3 is 1. The molecule has 4 rings (SSSR count). The molecule has 0 radical (unpaired) electrons. The molecule has 29 heavy (non-hydrogen) atoms. The van der Waals surface area contributed by atoms with Crippen LogP contribution in [0.2, 0.25) is 0 Å². The van der Waals surface area contributed by atoms with Crippen LogP contribution in [-0.2, 0) is 10.0 Å². The summed E-state index contributed by atoms with van der Waals surface area (Å²) in [5.74, 6) is 0.746. The Balaban J connectivity index is 1.77. The van der Waals surface area contributed by atoms with E-state index in [0.29, 0.717) is 6.42 Å². The minimum absolute atomic E-state index is 0.240. The third-order valence-electron chi connectivity index (χ3n) is 5.05. The molecule has 0 aromatic heterocycles. The van der Waals surface area contributed by atoms with E-state index in [4.69, 9.17) is 4.74 Å². The average Bonchev–Trinajstić information content (AvgIpc) is 3.21. The summed E-state index contributed by atoms with van der Waals surface area (Å²) in [6.45, 7) is 1.93. The van der Waals surface area contributed by atoms with Gasteiger partial charge in [-0.3, -0.25) is 0 Å². The molecule has 148 valence electrons. The van der Waals surface area contributed by atoms with Gasteiger partial charge in [-0.05, 0) is 54.4 Å². The van der Waals surface area contributed by atoms with Crippen molar-refractivity contribution < 1.29 is 13.2 Å². The van der Waals surface area contributed by atoms with Crippen LogP contribution in [0.5, 0.6) is 5.75 Å². The Labute approximate surface area is 171 Å². The Bertz CT molecular complexity index is 1120. The number of hydrogen-bond donors (Lipinski definition) is 0. The van der Waals surface area contributed by atoms with E-state index in [1.54, 1.807) is 31.4 Å². The molecule has 0 fully saturated rings. The summed E-state index contributed by atoms with van der Waals surface area (Å²) in [5, 5.41) is 4.56. The van der Waals surface area contributed by atoms with Gasteiger partial charge >= 0.3 is 0 Å². The molecule has 0 spiro atoms. The van der Waals surface area contributed by atoms with Crippen molar-refractivity contribution in [3.63, 3.8) is 0 Å². The van der Waals surface area contributed by atoms with Crippen molar-refractivity contribution in [3.05, 3.63) is 95.6 Å². The van der Waals surface area contributed by atoms with Crippen molar-refractivity contribution in [2.75, 3.05) is 7.11 Å². The van der Waals surface area contributed by atoms with Gasteiger partial charge in [-0.1, -0.05) is 48.0 Å². The van der Waals surface area contributed by atoms with Gasteiger partial charge in [0.1, 0.15) is 5.75 Å². The number of benzene rings is 3. The Morgan fingerprint density at radius 3 is 2.21 bits per heavy atom. The predicted octanol–water partition coefficient (Wildman–Crippen LogP) is 4.54. The molecule has 5 nitrogen and oxygen atoms in total. The second kappa shape index (κ2) is 7.72. The first-order valence-corrected chi connectivity index (χ1v) is 10.8. The number of hydrogen-bond acceptors (Lipinski definition) is 4. The lowest BCUT2D eigenvalue weighted by Gasteiger charge is -2.23. The lowest BCUT2D eigenvalue weighted by Crippen LogP contribution is -2.27. The first-order chi connectivity index (χ1) is 14.0. The van der Waals surface area contributed by atoms with E-state index in [9.17, 15) is 8.42 Å². The Morgan fingerprint density at radius 2 is 1.59 bits per heavy atom. The predicted molar refractivity (Wildman–Crippen MR) is 114 cm³/mol. The van der Waals surface area contributed by atoms with E-state index in [1.807, 2.05) is 61.5 Å². The molecule has 1 aliphatic heterocycles. The van der Waals surface area contributed by atoms with Crippen LogP contribution in [0.3, 0.4) is 0 Å². The maximum atomic E-state index is 13.4. The molecule has 0 N–H and O–H groups in total. The standard InChI is InChI=1S/C23H22N2O3S/c1-17-8-14-21(15-9-17)29(26,27)25-23(19-6-4-3-5-7-19)16-22(24-25)18-10-12-20(28-2)13-11-18/h3-15,23H,16H2,1-2H3/t23-/m1/s1. The summed E-state index contributed by atoms with van der Waals surface area (Å²) in [5.41, 5.74) is 3.54. The quantitative estimate of drug-likeness (QED) is 0.625. The molecule has 3 aromatic carbocycles. The molecule has 0 bridgehead atoms. The molecule has 0 unspecified atom stereocenters. The molecular weight excluding hydrogens is 384 g/mol. The largest absolute Gasteiger partial charge is 0.497 e. The molecule has 1 atom stereocenters. The van der Waals surface area contributed by atoms with E-state index in [-0.39, 0.29) is 10.9 Å². The first kappa shape index (κ1) is 19.2. The Morgan fingerprint density at radius 1 is 0.931 bits per heavy atom. The van der Waals surface area contributed by atoms with Crippen LogP contribution >= 0.6 is 0 Å². The van der Waals surface area contributed by atoms with Crippen molar-refractivity contribution in [1.29, 1.82) is 0 Å². The number of ether oxygens (including phenoxy) is 1. The summed E-state index contributed by atoms with van der Waals surface area (Å²) in [7, 11) is -2.17. The van der Waals surface area contributed by atoms with Gasteiger partial charge in [0.05, 0.1) is 23.8 Å². The fraction of sp³-hybridized carbons (Fsp3) is 0.174. The van der Waals surface area contributed by atoms with E-state index in [1.165, 1.54) is 4.41 Å². The molecule has 0 saturated heterocycles. The first-order valence-electron chi connectivity index (χ1n) is 9.37. The van der Waals surface area contributed by atoms with E-state index < -0.39 is 10.0 Å². The van der Waals surface area contributed by atoms with Crippen molar-refractivity contribution >= 4 is 15.7 Å². The zero-order valence-corrected chi connectivity index (χ0v) is 17.1. The minimum atomic E-state index is -3.79. The van der Waals surface area contributed by atoms with Crippen molar-refractivity contribution in [2.45, 2.75) is 24.3 Å². The molecule has 0 aliphatic carbocycles. The van der Waals surface area contributed by atoms with Crippen LogP contribution in [0.15, 0.2) is 88.9 Å². The van der Waals surface area contributed by atoms with Crippen LogP contribution in [-0.4, -0.2) is 25.7 Å². The lowest BCUT2D eigenvalue weighted by atomic mass is 9.99. The second-order valence-electron chi connectivity index (χ2n) is 7.00. The molecular formula is C23H22N2O3S. The number of rotatable bonds is 5. The van der Waals surface area contributed by atoms with Crippen LogP contribution in [0.4, 0.5) is 0 Å². The fourth-order valence-corrected chi connectivity index (χ4v) is 4.84. The SMILES string of the molecule is COc1ccc(C2=NN(S(=O)(=O)c3ccc(C)cc3)[C@@H](c3ccccc3)C2)cc1. The van der Waals surface area contributed by atoms with Gasteiger partial charge in [-0.2, -0.15) is 17.9 Å². The highest BCUT2D eigenvalue weighted by molar-refractivity contribution is 7.89. The van der Waals surface area contributed by atoms with Gasteiger partial charge in [0.25, 0.3) is 10.0 Å². The van der Waals surface area contributed by atoms with Gasteiger partial charge < -0.3 is 4.74 Å². The third kappa shape index (κ3) is 3.76. The summed E-state index contributed by atoms with van der Waals surface area (Å²) >= 11 is 0. The van der Waals surface area contributed by atoms with E-state index in [2.05, 4.69) is 5.10 Å². The highest BCUT2D eigenvalue weighted by Crippen LogP contribution is 2.37. The number of aryl methyl sites for hydroxylation is 1. The highest BCUT2D eigenvalue weighted by Gasteiger charge is 2.37. The molecule has 0 saturated carbocycles. The van der Waals surface area contributed by atoms with Crippen molar-refractivity contribution in [2.24, 2.45) is 5.10 Å². The minimum Gasteiger partial charge on any atom is -0.497 e. The van der Waals surface area contributed by atoms with Crippen LogP contribution < -0.4 is 4.74 Å². The Hall–Kier alpha value is -3.12. The molecule has 6 heteroatoms. The van der Waals surface area contributed by atoms with Gasteiger partial charge in [-0.15, -0.1) is 0 Å². The maximum Gasteiger partial charge on any atom is 0.279 e. The zero-order valence-electron chi connectivity index (χ0n) is 16.3. The van der Waals surface area contributed by atoms with E-state index in [0.717, 1.165) is 28.2 Å². The van der Waals surface area contributed by atoms with Crippen LogP contribution in [0.25, 0.3) is 0 Å². The number of nitrogens with zero attached hydrogens (tertiary/aromatic N) is 2. The molecule has 0 amide bonds. The smallest absolute Gasteiger partial charge is 0.279 e. The number of sulfonamides is 1. The van der Waals surface area contributed by atoms with Gasteiger partial charge in [0.15, 0.2) is 0 Å². The summed E-state index contributed by atoms with van der Waals surface area (Å²) in [4.78, 5) is 0.240. The summed E-state index contributed by atoms with van der Waals surface area (Å²) < 4.78 is 33.3. The second-order valence-corrected chi connectivity index (χ2v) is 8.79. The van der Waals surface area contributed by atoms with Gasteiger partial charge in [0, 0.05) is 6.42 Å². The lowest BCUT2D eigenvalue weighted by molar-refractivity contribution is 0.371. The third-order valence-corrected chi connectivity index (χ3v) is 6.74. The Kier molecular flexibility index (Phi) is 5.11. The maximum absolute atomic E-state index is 13.4. The zero-order chi connectivity index (χ0) is 20.4. The molecule has 1 heterocycles. The van der Waals surface area contributed by atoms with Crippen molar-refractivity contribution in [3.8, 4) is 5.75 Å². The monoisotopic (exact) mass is 406 g/mol. The summed E-state index contributed by atoms with van der Waals surface area (Å²) in [6.07, 6.45) is 0.501. The van der Waals surface area contributed by atoms with E-state index >= 15 is 0 Å². The average molecular weight is 407 g/mol.